The summed E-state index contributed by atoms with van der Waals surface area (Å²) >= 11 is 0. The van der Waals surface area contributed by atoms with Crippen LogP contribution in [0, 0.1) is 5.92 Å². The van der Waals surface area contributed by atoms with Gasteiger partial charge in [0, 0.05) is 13.7 Å². The minimum absolute atomic E-state index is 0. The largest absolute Gasteiger partial charge is 0.375 e. The summed E-state index contributed by atoms with van der Waals surface area (Å²) in [5.41, 5.74) is 0. The maximum absolute atomic E-state index is 11.0. The van der Waals surface area contributed by atoms with E-state index in [2.05, 4.69) is 10.6 Å². The number of carbonyl (C=O) groups is 1. The highest BCUT2D eigenvalue weighted by Crippen LogP contribution is 2.14. The van der Waals surface area contributed by atoms with E-state index in [1.807, 2.05) is 0 Å². The van der Waals surface area contributed by atoms with E-state index in [0.29, 0.717) is 0 Å². The number of carbonyl (C=O) groups excluding carboxylic acids is 1. The van der Waals surface area contributed by atoms with Gasteiger partial charge in [-0.15, -0.1) is 12.4 Å². The molecule has 4 nitrogen and oxygen atoms in total. The van der Waals surface area contributed by atoms with Gasteiger partial charge in [0.25, 0.3) is 0 Å². The third-order valence-corrected chi connectivity index (χ3v) is 2.61. The molecule has 0 aromatic rings. The van der Waals surface area contributed by atoms with Crippen LogP contribution >= 0.6 is 12.4 Å². The Hall–Kier alpha value is -0.320. The fraction of sp³-hybridized carbons (Fsp3) is 0.900. The Balaban J connectivity index is 0.00000196. The van der Waals surface area contributed by atoms with E-state index in [1.165, 1.54) is 20.0 Å². The monoisotopic (exact) mass is 236 g/mol. The molecular formula is C10H21ClN2O2. The zero-order valence-corrected chi connectivity index (χ0v) is 10.1. The molecule has 0 saturated carbocycles. The highest BCUT2D eigenvalue weighted by atomic mass is 35.5. The standard InChI is InChI=1S/C10H20N2O2.ClH/c1-14-8-10(13)12-7-4-9-2-5-11-6-3-9;/h9,11H,2-8H2,1H3,(H,12,13);1H. The van der Waals surface area contributed by atoms with Crippen molar-refractivity contribution in [3.05, 3.63) is 0 Å². The summed E-state index contributed by atoms with van der Waals surface area (Å²) in [5, 5.41) is 6.17. The summed E-state index contributed by atoms with van der Waals surface area (Å²) in [6.07, 6.45) is 3.57. The van der Waals surface area contributed by atoms with Crippen LogP contribution < -0.4 is 10.6 Å². The van der Waals surface area contributed by atoms with Gasteiger partial charge in [0.2, 0.25) is 5.91 Å². The Morgan fingerprint density at radius 1 is 1.47 bits per heavy atom. The van der Waals surface area contributed by atoms with Gasteiger partial charge in [-0.2, -0.15) is 0 Å². The Kier molecular flexibility index (Phi) is 8.76. The molecule has 5 heteroatoms. The highest BCUT2D eigenvalue weighted by molar-refractivity contribution is 5.85. The van der Waals surface area contributed by atoms with Gasteiger partial charge in [-0.05, 0) is 38.3 Å². The molecule has 1 amide bonds. The fourth-order valence-electron chi connectivity index (χ4n) is 1.77. The molecule has 0 aromatic carbocycles. The molecule has 0 atom stereocenters. The summed E-state index contributed by atoms with van der Waals surface area (Å²) in [7, 11) is 1.53. The molecule has 1 aliphatic rings. The molecule has 15 heavy (non-hydrogen) atoms. The third kappa shape index (κ3) is 6.71. The van der Waals surface area contributed by atoms with Crippen molar-refractivity contribution in [2.45, 2.75) is 19.3 Å². The van der Waals surface area contributed by atoms with Crippen molar-refractivity contribution >= 4 is 18.3 Å². The first kappa shape index (κ1) is 14.7. The van der Waals surface area contributed by atoms with Gasteiger partial charge >= 0.3 is 0 Å². The Morgan fingerprint density at radius 2 is 2.13 bits per heavy atom. The van der Waals surface area contributed by atoms with E-state index in [1.54, 1.807) is 0 Å². The number of nitrogens with one attached hydrogen (secondary N) is 2. The second-order valence-corrected chi connectivity index (χ2v) is 3.77. The van der Waals surface area contributed by atoms with Gasteiger partial charge < -0.3 is 15.4 Å². The van der Waals surface area contributed by atoms with Crippen LogP contribution in [0.25, 0.3) is 0 Å². The minimum Gasteiger partial charge on any atom is -0.375 e. The van der Waals surface area contributed by atoms with Crippen molar-refractivity contribution in [2.24, 2.45) is 5.92 Å². The number of ether oxygens (including phenoxy) is 1. The lowest BCUT2D eigenvalue weighted by Crippen LogP contribution is -2.32. The molecule has 0 aromatic heterocycles. The van der Waals surface area contributed by atoms with E-state index in [-0.39, 0.29) is 24.9 Å². The molecule has 0 radical (unpaired) electrons. The maximum Gasteiger partial charge on any atom is 0.245 e. The molecule has 2 N–H and O–H groups in total. The predicted octanol–water partition coefficient (Wildman–Crippen LogP) is 0.560. The predicted molar refractivity (Wildman–Crippen MR) is 62.3 cm³/mol. The molecular weight excluding hydrogens is 216 g/mol. The summed E-state index contributed by atoms with van der Waals surface area (Å²) in [6, 6.07) is 0. The van der Waals surface area contributed by atoms with Crippen molar-refractivity contribution in [2.75, 3.05) is 33.4 Å². The zero-order valence-electron chi connectivity index (χ0n) is 9.25. The normalized spacial score (nSPS) is 16.9. The lowest BCUT2D eigenvalue weighted by Gasteiger charge is -2.22. The van der Waals surface area contributed by atoms with E-state index in [9.17, 15) is 4.79 Å². The third-order valence-electron chi connectivity index (χ3n) is 2.61. The van der Waals surface area contributed by atoms with Gasteiger partial charge in [-0.3, -0.25) is 4.79 Å². The number of amides is 1. The fourth-order valence-corrected chi connectivity index (χ4v) is 1.77. The molecule has 1 saturated heterocycles. The summed E-state index contributed by atoms with van der Waals surface area (Å²) in [4.78, 5) is 11.0. The first-order chi connectivity index (χ1) is 6.83. The molecule has 1 aliphatic heterocycles. The summed E-state index contributed by atoms with van der Waals surface area (Å²) < 4.78 is 4.72. The van der Waals surface area contributed by atoms with Crippen LogP contribution in [0.1, 0.15) is 19.3 Å². The molecule has 1 rings (SSSR count). The van der Waals surface area contributed by atoms with Crippen LogP contribution in [0.15, 0.2) is 0 Å². The van der Waals surface area contributed by atoms with Crippen molar-refractivity contribution in [1.29, 1.82) is 0 Å². The number of piperidine rings is 1. The Bertz CT molecular complexity index is 173. The first-order valence-corrected chi connectivity index (χ1v) is 5.29. The zero-order chi connectivity index (χ0) is 10.2. The van der Waals surface area contributed by atoms with Crippen LogP contribution in [0.2, 0.25) is 0 Å². The first-order valence-electron chi connectivity index (χ1n) is 5.29. The quantitative estimate of drug-likeness (QED) is 0.734. The lowest BCUT2D eigenvalue weighted by molar-refractivity contribution is -0.124. The van der Waals surface area contributed by atoms with Crippen molar-refractivity contribution < 1.29 is 9.53 Å². The van der Waals surface area contributed by atoms with Crippen LogP contribution in [0.3, 0.4) is 0 Å². The SMILES string of the molecule is COCC(=O)NCCC1CCNCC1.Cl. The number of halogens is 1. The van der Waals surface area contributed by atoms with Crippen molar-refractivity contribution in [3.63, 3.8) is 0 Å². The number of methoxy groups -OCH3 is 1. The van der Waals surface area contributed by atoms with Crippen molar-refractivity contribution in [3.8, 4) is 0 Å². The smallest absolute Gasteiger partial charge is 0.245 e. The van der Waals surface area contributed by atoms with Gasteiger partial charge in [-0.1, -0.05) is 0 Å². The Morgan fingerprint density at radius 3 is 2.73 bits per heavy atom. The number of hydrogen-bond acceptors (Lipinski definition) is 3. The van der Waals surface area contributed by atoms with E-state index < -0.39 is 0 Å². The minimum atomic E-state index is -0.0126. The molecule has 1 fully saturated rings. The second-order valence-electron chi connectivity index (χ2n) is 3.77. The Labute approximate surface area is 97.5 Å². The summed E-state index contributed by atoms with van der Waals surface area (Å²) in [6.45, 7) is 3.20. The molecule has 0 spiro atoms. The van der Waals surface area contributed by atoms with Crippen LogP contribution in [0.4, 0.5) is 0 Å². The average molecular weight is 237 g/mol. The maximum atomic E-state index is 11.0. The lowest BCUT2D eigenvalue weighted by atomic mass is 9.95. The topological polar surface area (TPSA) is 50.4 Å². The van der Waals surface area contributed by atoms with Crippen molar-refractivity contribution in [1.82, 2.24) is 10.6 Å². The van der Waals surface area contributed by atoms with Crippen LogP contribution in [-0.4, -0.2) is 39.3 Å². The molecule has 90 valence electrons. The molecule has 0 aliphatic carbocycles. The van der Waals surface area contributed by atoms with Crippen LogP contribution in [0.5, 0.6) is 0 Å². The molecule has 0 bridgehead atoms. The van der Waals surface area contributed by atoms with Gasteiger partial charge in [-0.25, -0.2) is 0 Å². The van der Waals surface area contributed by atoms with E-state index >= 15 is 0 Å². The highest BCUT2D eigenvalue weighted by Gasteiger charge is 2.12. The van der Waals surface area contributed by atoms with Gasteiger partial charge in [0.05, 0.1) is 0 Å². The van der Waals surface area contributed by atoms with E-state index in [0.717, 1.165) is 32.0 Å². The second kappa shape index (κ2) is 8.95. The summed E-state index contributed by atoms with van der Waals surface area (Å²) in [5.74, 6) is 0.764. The number of rotatable bonds is 5. The van der Waals surface area contributed by atoms with Crippen LogP contribution in [-0.2, 0) is 9.53 Å². The molecule has 1 heterocycles. The van der Waals surface area contributed by atoms with Gasteiger partial charge in [0.15, 0.2) is 0 Å². The van der Waals surface area contributed by atoms with Gasteiger partial charge in [0.1, 0.15) is 6.61 Å². The average Bonchev–Trinajstić information content (AvgIpc) is 2.20. The van der Waals surface area contributed by atoms with E-state index in [4.69, 9.17) is 4.74 Å². The number of hydrogen-bond donors (Lipinski definition) is 2. The molecule has 0 unspecified atom stereocenters.